The molecule has 0 saturated heterocycles. The maximum absolute atomic E-state index is 13.9. The number of carbonyl (C=O) groups is 1. The fraction of sp³-hybridized carbons (Fsp3) is 0.273. The van der Waals surface area contributed by atoms with E-state index in [0.29, 0.717) is 17.7 Å². The highest BCUT2D eigenvalue weighted by molar-refractivity contribution is 6.05. The lowest BCUT2D eigenvalue weighted by atomic mass is 10.1. The van der Waals surface area contributed by atoms with E-state index in [0.717, 1.165) is 11.3 Å². The summed E-state index contributed by atoms with van der Waals surface area (Å²) in [6.45, 7) is 0.615. The van der Waals surface area contributed by atoms with Crippen LogP contribution < -0.4 is 10.5 Å². The molecule has 30 heavy (non-hydrogen) atoms. The van der Waals surface area contributed by atoms with Crippen LogP contribution in [0.2, 0.25) is 0 Å². The summed E-state index contributed by atoms with van der Waals surface area (Å²) in [6, 6.07) is 8.17. The molecule has 0 heterocycles. The van der Waals surface area contributed by atoms with Crippen molar-refractivity contribution in [2.45, 2.75) is 33.3 Å². The SMILES string of the molecule is CCCC#Cc1cc(C(=O)N(C)C(N)=Nc2ccc(OC(F)F)c(C)c2)ccc1F. The number of carbonyl (C=O) groups excluding carboxylic acids is 1. The van der Waals surface area contributed by atoms with Crippen molar-refractivity contribution in [2.24, 2.45) is 10.7 Å². The van der Waals surface area contributed by atoms with Crippen LogP contribution in [-0.2, 0) is 0 Å². The van der Waals surface area contributed by atoms with Crippen LogP contribution in [0.15, 0.2) is 41.4 Å². The van der Waals surface area contributed by atoms with Crippen molar-refractivity contribution >= 4 is 17.6 Å². The van der Waals surface area contributed by atoms with Gasteiger partial charge in [0, 0.05) is 19.0 Å². The number of alkyl halides is 2. The van der Waals surface area contributed by atoms with E-state index in [1.807, 2.05) is 6.92 Å². The predicted molar refractivity (Wildman–Crippen MR) is 109 cm³/mol. The summed E-state index contributed by atoms with van der Waals surface area (Å²) < 4.78 is 43.0. The Morgan fingerprint density at radius 1 is 1.27 bits per heavy atom. The number of ether oxygens (including phenoxy) is 1. The number of hydrogen-bond acceptors (Lipinski definition) is 3. The molecule has 2 rings (SSSR count). The van der Waals surface area contributed by atoms with E-state index in [2.05, 4.69) is 21.6 Å². The number of aryl methyl sites for hydroxylation is 1. The lowest BCUT2D eigenvalue weighted by Crippen LogP contribution is -2.38. The summed E-state index contributed by atoms with van der Waals surface area (Å²) in [5, 5.41) is 0. The first-order chi connectivity index (χ1) is 14.2. The first-order valence-electron chi connectivity index (χ1n) is 9.19. The van der Waals surface area contributed by atoms with Crippen molar-refractivity contribution in [1.82, 2.24) is 4.90 Å². The Morgan fingerprint density at radius 2 is 2.00 bits per heavy atom. The Labute approximate surface area is 173 Å². The Morgan fingerprint density at radius 3 is 2.63 bits per heavy atom. The van der Waals surface area contributed by atoms with Crippen molar-refractivity contribution in [3.05, 3.63) is 58.9 Å². The zero-order valence-corrected chi connectivity index (χ0v) is 16.9. The first kappa shape index (κ1) is 22.8. The molecule has 0 aliphatic heterocycles. The van der Waals surface area contributed by atoms with Crippen molar-refractivity contribution in [2.75, 3.05) is 7.05 Å². The van der Waals surface area contributed by atoms with Crippen molar-refractivity contribution in [3.63, 3.8) is 0 Å². The Kier molecular flexibility index (Phi) is 7.87. The smallest absolute Gasteiger partial charge is 0.387 e. The molecular formula is C22H22F3N3O2. The van der Waals surface area contributed by atoms with Crippen molar-refractivity contribution in [3.8, 4) is 17.6 Å². The van der Waals surface area contributed by atoms with Gasteiger partial charge in [0.25, 0.3) is 5.91 Å². The van der Waals surface area contributed by atoms with E-state index < -0.39 is 18.3 Å². The monoisotopic (exact) mass is 417 g/mol. The number of benzene rings is 2. The second-order valence-corrected chi connectivity index (χ2v) is 6.41. The van der Waals surface area contributed by atoms with Crippen molar-refractivity contribution in [1.29, 1.82) is 0 Å². The van der Waals surface area contributed by atoms with Gasteiger partial charge in [-0.25, -0.2) is 9.38 Å². The van der Waals surface area contributed by atoms with E-state index in [1.54, 1.807) is 6.92 Å². The lowest BCUT2D eigenvalue weighted by Gasteiger charge is -2.16. The molecule has 0 aromatic heterocycles. The number of rotatable bonds is 5. The molecule has 0 aliphatic carbocycles. The minimum atomic E-state index is -2.93. The van der Waals surface area contributed by atoms with Crippen LogP contribution in [0.4, 0.5) is 18.9 Å². The number of amides is 1. The molecule has 0 atom stereocenters. The molecule has 1 amide bonds. The zero-order chi connectivity index (χ0) is 22.3. The summed E-state index contributed by atoms with van der Waals surface area (Å²) in [6.07, 6.45) is 1.47. The minimum absolute atomic E-state index is 0.0231. The fourth-order valence-corrected chi connectivity index (χ4v) is 2.47. The minimum Gasteiger partial charge on any atom is -0.435 e. The molecule has 0 bridgehead atoms. The summed E-state index contributed by atoms with van der Waals surface area (Å²) in [5.74, 6) is 4.46. The number of guanidine groups is 1. The number of halogens is 3. The van der Waals surface area contributed by atoms with Crippen LogP contribution in [0.25, 0.3) is 0 Å². The van der Waals surface area contributed by atoms with Gasteiger partial charge in [0.05, 0.1) is 11.3 Å². The second-order valence-electron chi connectivity index (χ2n) is 6.41. The molecule has 2 aromatic carbocycles. The Hall–Kier alpha value is -3.47. The van der Waals surface area contributed by atoms with E-state index in [9.17, 15) is 18.0 Å². The van der Waals surface area contributed by atoms with Gasteiger partial charge in [-0.1, -0.05) is 18.8 Å². The Balaban J connectivity index is 2.22. The normalized spacial score (nSPS) is 11.1. The van der Waals surface area contributed by atoms with Gasteiger partial charge >= 0.3 is 6.61 Å². The quantitative estimate of drug-likeness (QED) is 0.439. The Bertz CT molecular complexity index is 1010. The maximum atomic E-state index is 13.9. The van der Waals surface area contributed by atoms with Crippen LogP contribution in [0.5, 0.6) is 5.75 Å². The van der Waals surface area contributed by atoms with Gasteiger partial charge in [0.2, 0.25) is 5.96 Å². The van der Waals surface area contributed by atoms with E-state index in [1.165, 1.54) is 43.4 Å². The highest BCUT2D eigenvalue weighted by Crippen LogP contribution is 2.25. The highest BCUT2D eigenvalue weighted by Gasteiger charge is 2.17. The summed E-state index contributed by atoms with van der Waals surface area (Å²) in [5.41, 5.74) is 7.05. The summed E-state index contributed by atoms with van der Waals surface area (Å²) in [7, 11) is 1.42. The summed E-state index contributed by atoms with van der Waals surface area (Å²) >= 11 is 0. The third kappa shape index (κ3) is 6.01. The third-order valence-corrected chi connectivity index (χ3v) is 4.08. The molecule has 0 aliphatic rings. The van der Waals surface area contributed by atoms with E-state index in [-0.39, 0.29) is 22.8 Å². The number of unbranched alkanes of at least 4 members (excludes halogenated alkanes) is 1. The molecule has 0 fully saturated rings. The topological polar surface area (TPSA) is 67.9 Å². The highest BCUT2D eigenvalue weighted by atomic mass is 19.3. The first-order valence-corrected chi connectivity index (χ1v) is 9.19. The second kappa shape index (κ2) is 10.3. The number of nitrogens with two attached hydrogens (primary N) is 1. The van der Waals surface area contributed by atoms with Crippen molar-refractivity contribution < 1.29 is 22.7 Å². The average molecular weight is 417 g/mol. The largest absolute Gasteiger partial charge is 0.435 e. The lowest BCUT2D eigenvalue weighted by molar-refractivity contribution is -0.0502. The number of nitrogens with zero attached hydrogens (tertiary/aromatic N) is 2. The fourth-order valence-electron chi connectivity index (χ4n) is 2.47. The van der Waals surface area contributed by atoms with E-state index >= 15 is 0 Å². The predicted octanol–water partition coefficient (Wildman–Crippen LogP) is 4.61. The molecule has 0 saturated carbocycles. The van der Waals surface area contributed by atoms with Crippen LogP contribution in [0.1, 0.15) is 41.3 Å². The molecule has 8 heteroatoms. The van der Waals surface area contributed by atoms with Crippen LogP contribution >= 0.6 is 0 Å². The van der Waals surface area contributed by atoms with Gasteiger partial charge in [-0.05, 0) is 55.3 Å². The van der Waals surface area contributed by atoms with Crippen LogP contribution in [0, 0.1) is 24.6 Å². The van der Waals surface area contributed by atoms with Gasteiger partial charge in [0.1, 0.15) is 11.6 Å². The van der Waals surface area contributed by atoms with E-state index in [4.69, 9.17) is 5.73 Å². The zero-order valence-electron chi connectivity index (χ0n) is 16.9. The standard InChI is InChI=1S/C22H22F3N3O2/c1-4-5-6-7-15-13-16(8-10-18(15)23)20(29)28(3)22(26)27-17-9-11-19(14(2)12-17)30-21(24)25/h8-13,21H,4-5H2,1-3H3,(H2,26,27). The number of hydrogen-bond donors (Lipinski definition) is 1. The summed E-state index contributed by atoms with van der Waals surface area (Å²) in [4.78, 5) is 18.0. The van der Waals surface area contributed by atoms with Crippen LogP contribution in [-0.4, -0.2) is 30.4 Å². The van der Waals surface area contributed by atoms with Gasteiger partial charge < -0.3 is 10.5 Å². The molecule has 2 N–H and O–H groups in total. The van der Waals surface area contributed by atoms with Gasteiger partial charge in [-0.2, -0.15) is 8.78 Å². The number of aliphatic imine (C=N–C) groups is 1. The van der Waals surface area contributed by atoms with Gasteiger partial charge in [-0.3, -0.25) is 9.69 Å². The van der Waals surface area contributed by atoms with Gasteiger partial charge in [-0.15, -0.1) is 0 Å². The average Bonchev–Trinajstić information content (AvgIpc) is 2.70. The molecule has 0 unspecified atom stereocenters. The maximum Gasteiger partial charge on any atom is 0.387 e. The van der Waals surface area contributed by atoms with Gasteiger partial charge in [0.15, 0.2) is 0 Å². The van der Waals surface area contributed by atoms with Crippen LogP contribution in [0.3, 0.4) is 0 Å². The molecular weight excluding hydrogens is 395 g/mol. The third-order valence-electron chi connectivity index (χ3n) is 4.08. The molecule has 5 nitrogen and oxygen atoms in total. The molecule has 2 aromatic rings. The molecule has 158 valence electrons. The molecule has 0 radical (unpaired) electrons. The molecule has 0 spiro atoms.